The van der Waals surface area contributed by atoms with Crippen molar-refractivity contribution >= 4 is 17.4 Å². The van der Waals surface area contributed by atoms with E-state index in [4.69, 9.17) is 4.42 Å². The standard InChI is InChI=1S/C16H21N3O2S/c20-16(17-11-13-5-3-9-21-13)18-12-14(15-6-4-10-22-15)19-7-1-2-8-19/h3-6,9-10,14H,1-2,7-8,11-12H2,(H2,17,18,20)/t14-/m1/s1. The summed E-state index contributed by atoms with van der Waals surface area (Å²) in [4.78, 5) is 15.7. The molecule has 6 heteroatoms. The first-order valence-corrected chi connectivity index (χ1v) is 8.52. The second kappa shape index (κ2) is 7.47. The van der Waals surface area contributed by atoms with E-state index in [1.165, 1.54) is 17.7 Å². The van der Waals surface area contributed by atoms with Gasteiger partial charge >= 0.3 is 6.03 Å². The van der Waals surface area contributed by atoms with Gasteiger partial charge in [-0.25, -0.2) is 4.79 Å². The van der Waals surface area contributed by atoms with Gasteiger partial charge in [-0.2, -0.15) is 0 Å². The number of nitrogens with one attached hydrogen (secondary N) is 2. The molecule has 118 valence electrons. The molecule has 0 saturated carbocycles. The smallest absolute Gasteiger partial charge is 0.315 e. The average molecular weight is 319 g/mol. The Bertz CT molecular complexity index is 562. The molecular formula is C16H21N3O2S. The van der Waals surface area contributed by atoms with Gasteiger partial charge in [0.1, 0.15) is 5.76 Å². The molecule has 22 heavy (non-hydrogen) atoms. The summed E-state index contributed by atoms with van der Waals surface area (Å²) < 4.78 is 5.20. The van der Waals surface area contributed by atoms with Crippen LogP contribution in [0, 0.1) is 0 Å². The van der Waals surface area contributed by atoms with E-state index in [0.717, 1.165) is 18.8 Å². The van der Waals surface area contributed by atoms with Gasteiger partial charge in [0.15, 0.2) is 0 Å². The predicted octanol–water partition coefficient (Wildman–Crippen LogP) is 2.98. The summed E-state index contributed by atoms with van der Waals surface area (Å²) in [5.74, 6) is 0.754. The highest BCUT2D eigenvalue weighted by Gasteiger charge is 2.24. The highest BCUT2D eigenvalue weighted by molar-refractivity contribution is 7.10. The summed E-state index contributed by atoms with van der Waals surface area (Å²) in [6.45, 7) is 3.26. The fraction of sp³-hybridized carbons (Fsp3) is 0.438. The second-order valence-electron chi connectivity index (χ2n) is 5.42. The molecule has 0 aliphatic carbocycles. The van der Waals surface area contributed by atoms with Crippen molar-refractivity contribution in [3.8, 4) is 0 Å². The Morgan fingerprint density at radius 3 is 2.82 bits per heavy atom. The number of amides is 2. The fourth-order valence-corrected chi connectivity index (χ4v) is 3.64. The number of nitrogens with zero attached hydrogens (tertiary/aromatic N) is 1. The monoisotopic (exact) mass is 319 g/mol. The van der Waals surface area contributed by atoms with E-state index >= 15 is 0 Å². The van der Waals surface area contributed by atoms with Crippen LogP contribution in [0.1, 0.15) is 29.5 Å². The molecule has 3 rings (SSSR count). The third-order valence-electron chi connectivity index (χ3n) is 3.91. The normalized spacial score (nSPS) is 16.5. The first-order chi connectivity index (χ1) is 10.8. The largest absolute Gasteiger partial charge is 0.467 e. The zero-order valence-corrected chi connectivity index (χ0v) is 13.3. The molecule has 1 fully saturated rings. The number of carbonyl (C=O) groups excluding carboxylic acids is 1. The maximum Gasteiger partial charge on any atom is 0.315 e. The van der Waals surface area contributed by atoms with Crippen LogP contribution in [-0.2, 0) is 6.54 Å². The molecule has 5 nitrogen and oxygen atoms in total. The van der Waals surface area contributed by atoms with Crippen LogP contribution in [0.2, 0.25) is 0 Å². The van der Waals surface area contributed by atoms with E-state index in [1.54, 1.807) is 17.6 Å². The summed E-state index contributed by atoms with van der Waals surface area (Å²) in [7, 11) is 0. The Balaban J connectivity index is 1.51. The lowest BCUT2D eigenvalue weighted by molar-refractivity contribution is 0.221. The van der Waals surface area contributed by atoms with Crippen LogP contribution in [0.5, 0.6) is 0 Å². The van der Waals surface area contributed by atoms with Crippen molar-refractivity contribution in [1.29, 1.82) is 0 Å². The van der Waals surface area contributed by atoms with Gasteiger partial charge in [0.05, 0.1) is 18.8 Å². The van der Waals surface area contributed by atoms with Crippen molar-refractivity contribution in [1.82, 2.24) is 15.5 Å². The third-order valence-corrected chi connectivity index (χ3v) is 4.89. The van der Waals surface area contributed by atoms with Crippen molar-refractivity contribution in [3.05, 3.63) is 46.5 Å². The van der Waals surface area contributed by atoms with Crippen LogP contribution in [0.25, 0.3) is 0 Å². The van der Waals surface area contributed by atoms with Gasteiger partial charge < -0.3 is 15.1 Å². The van der Waals surface area contributed by atoms with Gasteiger partial charge in [0.2, 0.25) is 0 Å². The number of thiophene rings is 1. The van der Waals surface area contributed by atoms with Crippen molar-refractivity contribution in [2.45, 2.75) is 25.4 Å². The Hall–Kier alpha value is -1.79. The summed E-state index contributed by atoms with van der Waals surface area (Å²) in [6, 6.07) is 8.00. The van der Waals surface area contributed by atoms with E-state index in [1.807, 2.05) is 12.1 Å². The number of hydrogen-bond acceptors (Lipinski definition) is 4. The van der Waals surface area contributed by atoms with Gasteiger partial charge in [-0.05, 0) is 49.5 Å². The van der Waals surface area contributed by atoms with E-state index in [-0.39, 0.29) is 12.1 Å². The van der Waals surface area contributed by atoms with Crippen LogP contribution < -0.4 is 10.6 Å². The first kappa shape index (κ1) is 15.1. The highest BCUT2D eigenvalue weighted by atomic mass is 32.1. The molecule has 0 unspecified atom stereocenters. The minimum Gasteiger partial charge on any atom is -0.467 e. The molecule has 2 aromatic heterocycles. The molecule has 2 amide bonds. The molecular weight excluding hydrogens is 298 g/mol. The lowest BCUT2D eigenvalue weighted by Crippen LogP contribution is -2.41. The van der Waals surface area contributed by atoms with E-state index in [9.17, 15) is 4.79 Å². The molecule has 2 aromatic rings. The number of urea groups is 1. The van der Waals surface area contributed by atoms with Crippen molar-refractivity contribution in [3.63, 3.8) is 0 Å². The Kier molecular flexibility index (Phi) is 5.13. The van der Waals surface area contributed by atoms with E-state index in [2.05, 4.69) is 33.0 Å². The quantitative estimate of drug-likeness (QED) is 0.860. The van der Waals surface area contributed by atoms with Crippen LogP contribution in [0.15, 0.2) is 40.3 Å². The number of rotatable bonds is 6. The molecule has 0 bridgehead atoms. The molecule has 1 aliphatic rings. The van der Waals surface area contributed by atoms with Crippen molar-refractivity contribution in [2.24, 2.45) is 0 Å². The third kappa shape index (κ3) is 3.90. The lowest BCUT2D eigenvalue weighted by atomic mass is 10.2. The Morgan fingerprint density at radius 2 is 2.14 bits per heavy atom. The fourth-order valence-electron chi connectivity index (χ4n) is 2.78. The zero-order valence-electron chi connectivity index (χ0n) is 12.5. The highest BCUT2D eigenvalue weighted by Crippen LogP contribution is 2.27. The number of likely N-dealkylation sites (tertiary alicyclic amines) is 1. The van der Waals surface area contributed by atoms with Crippen molar-refractivity contribution in [2.75, 3.05) is 19.6 Å². The topological polar surface area (TPSA) is 57.5 Å². The minimum absolute atomic E-state index is 0.155. The van der Waals surface area contributed by atoms with Crippen LogP contribution in [-0.4, -0.2) is 30.6 Å². The summed E-state index contributed by atoms with van der Waals surface area (Å²) >= 11 is 1.75. The number of carbonyl (C=O) groups is 1. The zero-order chi connectivity index (χ0) is 15.2. The molecule has 3 heterocycles. The average Bonchev–Trinajstić information content (AvgIpc) is 3.27. The number of furan rings is 1. The first-order valence-electron chi connectivity index (χ1n) is 7.64. The van der Waals surface area contributed by atoms with Gasteiger partial charge in [-0.3, -0.25) is 4.90 Å². The van der Waals surface area contributed by atoms with Gasteiger partial charge in [0.25, 0.3) is 0 Å². The van der Waals surface area contributed by atoms with Crippen LogP contribution in [0.4, 0.5) is 4.79 Å². The van der Waals surface area contributed by atoms with E-state index in [0.29, 0.717) is 13.1 Å². The maximum absolute atomic E-state index is 11.9. The molecule has 0 spiro atoms. The van der Waals surface area contributed by atoms with Crippen LogP contribution in [0.3, 0.4) is 0 Å². The summed E-state index contributed by atoms with van der Waals surface area (Å²) in [5.41, 5.74) is 0. The molecule has 1 saturated heterocycles. The minimum atomic E-state index is -0.155. The number of hydrogen-bond donors (Lipinski definition) is 2. The molecule has 0 aromatic carbocycles. The molecule has 1 atom stereocenters. The second-order valence-corrected chi connectivity index (χ2v) is 6.40. The lowest BCUT2D eigenvalue weighted by Gasteiger charge is -2.26. The molecule has 1 aliphatic heterocycles. The van der Waals surface area contributed by atoms with Crippen molar-refractivity contribution < 1.29 is 9.21 Å². The van der Waals surface area contributed by atoms with Crippen LogP contribution >= 0.6 is 11.3 Å². The predicted molar refractivity (Wildman–Crippen MR) is 86.8 cm³/mol. The molecule has 2 N–H and O–H groups in total. The SMILES string of the molecule is O=C(NCc1ccco1)NC[C@H](c1cccs1)N1CCCC1. The van der Waals surface area contributed by atoms with Gasteiger partial charge in [0, 0.05) is 11.4 Å². The van der Waals surface area contributed by atoms with Gasteiger partial charge in [-0.15, -0.1) is 11.3 Å². The summed E-state index contributed by atoms with van der Waals surface area (Å²) in [6.07, 6.45) is 4.09. The van der Waals surface area contributed by atoms with Gasteiger partial charge in [-0.1, -0.05) is 6.07 Å². The maximum atomic E-state index is 11.9. The Labute approximate surface area is 134 Å². The summed E-state index contributed by atoms with van der Waals surface area (Å²) in [5, 5.41) is 7.89. The Morgan fingerprint density at radius 1 is 1.27 bits per heavy atom. The van der Waals surface area contributed by atoms with E-state index < -0.39 is 0 Å². The molecule has 0 radical (unpaired) electrons.